The van der Waals surface area contributed by atoms with Gasteiger partial charge in [-0.25, -0.2) is 4.98 Å². The van der Waals surface area contributed by atoms with E-state index in [1.165, 1.54) is 18.4 Å². The fourth-order valence-electron chi connectivity index (χ4n) is 1.94. The molecule has 0 unspecified atom stereocenters. The first-order valence-corrected chi connectivity index (χ1v) is 5.43. The fraction of sp³-hybridized carbons (Fsp3) is 0.583. The highest BCUT2D eigenvalue weighted by Crippen LogP contribution is 2.33. The Morgan fingerprint density at radius 3 is 2.93 bits per heavy atom. The number of hydrogen-bond acceptors (Lipinski definition) is 2. The van der Waals surface area contributed by atoms with Gasteiger partial charge in [-0.3, -0.25) is 0 Å². The van der Waals surface area contributed by atoms with E-state index < -0.39 is 0 Å². The monoisotopic (exact) mass is 190 g/mol. The van der Waals surface area contributed by atoms with Crippen molar-refractivity contribution in [2.24, 2.45) is 11.8 Å². The summed E-state index contributed by atoms with van der Waals surface area (Å²) in [6, 6.07) is 4.08. The molecule has 0 spiro atoms. The van der Waals surface area contributed by atoms with Crippen LogP contribution in [-0.4, -0.2) is 11.5 Å². The van der Waals surface area contributed by atoms with Gasteiger partial charge in [-0.2, -0.15) is 0 Å². The van der Waals surface area contributed by atoms with Crippen molar-refractivity contribution >= 4 is 5.82 Å². The first kappa shape index (κ1) is 9.50. The topological polar surface area (TPSA) is 24.9 Å². The van der Waals surface area contributed by atoms with Gasteiger partial charge in [-0.15, -0.1) is 0 Å². The van der Waals surface area contributed by atoms with Gasteiger partial charge < -0.3 is 5.32 Å². The van der Waals surface area contributed by atoms with Crippen molar-refractivity contribution in [1.29, 1.82) is 0 Å². The molecule has 0 amide bonds. The highest BCUT2D eigenvalue weighted by atomic mass is 15.0. The van der Waals surface area contributed by atoms with E-state index in [0.717, 1.165) is 24.2 Å². The van der Waals surface area contributed by atoms with Crippen LogP contribution in [0, 0.1) is 18.8 Å². The molecule has 2 heteroatoms. The van der Waals surface area contributed by atoms with Gasteiger partial charge in [0.15, 0.2) is 0 Å². The molecule has 0 aliphatic heterocycles. The predicted octanol–water partition coefficient (Wildman–Crippen LogP) is 2.85. The van der Waals surface area contributed by atoms with Crippen LogP contribution in [-0.2, 0) is 0 Å². The average Bonchev–Trinajstić information content (AvgIpc) is 2.19. The lowest BCUT2D eigenvalue weighted by atomic mass is 9.75. The number of aryl methyl sites for hydroxylation is 1. The predicted molar refractivity (Wildman–Crippen MR) is 59.4 cm³/mol. The minimum Gasteiger partial charge on any atom is -0.370 e. The zero-order valence-electron chi connectivity index (χ0n) is 8.96. The third kappa shape index (κ3) is 1.89. The van der Waals surface area contributed by atoms with Crippen molar-refractivity contribution in [2.45, 2.75) is 26.7 Å². The summed E-state index contributed by atoms with van der Waals surface area (Å²) in [5.41, 5.74) is 1.24. The Morgan fingerprint density at radius 2 is 2.36 bits per heavy atom. The molecule has 14 heavy (non-hydrogen) atoms. The quantitative estimate of drug-likeness (QED) is 0.792. The second kappa shape index (κ2) is 3.99. The van der Waals surface area contributed by atoms with Crippen LogP contribution in [0.25, 0.3) is 0 Å². The molecule has 1 aliphatic rings. The highest BCUT2D eigenvalue weighted by molar-refractivity contribution is 5.42. The fourth-order valence-corrected chi connectivity index (χ4v) is 1.94. The van der Waals surface area contributed by atoms with Gasteiger partial charge in [0.05, 0.1) is 0 Å². The molecule has 0 saturated heterocycles. The molecule has 0 bridgehead atoms. The van der Waals surface area contributed by atoms with E-state index >= 15 is 0 Å². The van der Waals surface area contributed by atoms with Gasteiger partial charge in [0, 0.05) is 12.7 Å². The molecule has 1 aromatic rings. The van der Waals surface area contributed by atoms with Crippen molar-refractivity contribution in [3.63, 3.8) is 0 Å². The van der Waals surface area contributed by atoms with Crippen LogP contribution < -0.4 is 5.32 Å². The van der Waals surface area contributed by atoms with Crippen LogP contribution in [0.2, 0.25) is 0 Å². The van der Waals surface area contributed by atoms with Crippen LogP contribution in [0.1, 0.15) is 25.3 Å². The summed E-state index contributed by atoms with van der Waals surface area (Å²) in [5, 5.41) is 3.43. The molecule has 0 aromatic carbocycles. The maximum absolute atomic E-state index is 4.32. The summed E-state index contributed by atoms with van der Waals surface area (Å²) in [7, 11) is 0. The number of aromatic nitrogens is 1. The van der Waals surface area contributed by atoms with E-state index in [4.69, 9.17) is 0 Å². The molecule has 2 nitrogen and oxygen atoms in total. The Hall–Kier alpha value is -1.05. The van der Waals surface area contributed by atoms with Gasteiger partial charge in [-0.05, 0) is 36.8 Å². The molecule has 1 aromatic heterocycles. The van der Waals surface area contributed by atoms with Gasteiger partial charge in [0.1, 0.15) is 5.82 Å². The lowest BCUT2D eigenvalue weighted by Gasteiger charge is -2.34. The number of nitrogens with one attached hydrogen (secondary N) is 1. The molecular weight excluding hydrogens is 172 g/mol. The molecule has 1 heterocycles. The Balaban J connectivity index is 1.88. The molecule has 2 rings (SSSR count). The second-order valence-electron chi connectivity index (χ2n) is 4.36. The van der Waals surface area contributed by atoms with E-state index in [0.29, 0.717) is 0 Å². The molecule has 76 valence electrons. The lowest BCUT2D eigenvalue weighted by Crippen LogP contribution is -2.30. The van der Waals surface area contributed by atoms with E-state index in [9.17, 15) is 0 Å². The minimum atomic E-state index is 0.858. The number of nitrogens with zero attached hydrogens (tertiary/aromatic N) is 1. The van der Waals surface area contributed by atoms with Crippen molar-refractivity contribution in [2.75, 3.05) is 11.9 Å². The summed E-state index contributed by atoms with van der Waals surface area (Å²) in [6.07, 6.45) is 4.62. The number of rotatable bonds is 3. The zero-order valence-corrected chi connectivity index (χ0v) is 8.96. The van der Waals surface area contributed by atoms with Crippen LogP contribution in [0.5, 0.6) is 0 Å². The Labute approximate surface area is 85.7 Å². The summed E-state index contributed by atoms with van der Waals surface area (Å²) in [4.78, 5) is 4.32. The van der Waals surface area contributed by atoms with Crippen LogP contribution in [0.3, 0.4) is 0 Å². The molecule has 2 atom stereocenters. The van der Waals surface area contributed by atoms with Crippen molar-refractivity contribution in [3.8, 4) is 0 Å². The molecule has 1 N–H and O–H groups in total. The minimum absolute atomic E-state index is 0.858. The summed E-state index contributed by atoms with van der Waals surface area (Å²) < 4.78 is 0. The molecule has 1 saturated carbocycles. The number of anilines is 1. The molecular formula is C12H18N2. The zero-order chi connectivity index (χ0) is 9.97. The van der Waals surface area contributed by atoms with Crippen molar-refractivity contribution < 1.29 is 0 Å². The van der Waals surface area contributed by atoms with Crippen molar-refractivity contribution in [1.82, 2.24) is 4.98 Å². The third-order valence-electron chi connectivity index (χ3n) is 3.34. The normalized spacial score (nSPS) is 25.6. The lowest BCUT2D eigenvalue weighted by molar-refractivity contribution is 0.210. The van der Waals surface area contributed by atoms with E-state index in [1.54, 1.807) is 0 Å². The second-order valence-corrected chi connectivity index (χ2v) is 4.36. The van der Waals surface area contributed by atoms with Crippen molar-refractivity contribution in [3.05, 3.63) is 23.9 Å². The largest absolute Gasteiger partial charge is 0.370 e. The van der Waals surface area contributed by atoms with Gasteiger partial charge >= 0.3 is 0 Å². The Bertz CT molecular complexity index is 309. The third-order valence-corrected chi connectivity index (χ3v) is 3.34. The van der Waals surface area contributed by atoms with Gasteiger partial charge in [0.25, 0.3) is 0 Å². The van der Waals surface area contributed by atoms with Crippen LogP contribution >= 0.6 is 0 Å². The SMILES string of the molecule is Cc1cccnc1NC[C@@H]1CC[C@H]1C. The smallest absolute Gasteiger partial charge is 0.128 e. The standard InChI is InChI=1S/C12H18N2/c1-9-5-6-11(9)8-14-12-10(2)4-3-7-13-12/h3-4,7,9,11H,5-6,8H2,1-2H3,(H,13,14)/t9-,11+/m1/s1. The summed E-state index contributed by atoms with van der Waals surface area (Å²) in [5.74, 6) is 2.80. The molecule has 0 radical (unpaired) electrons. The van der Waals surface area contributed by atoms with Gasteiger partial charge in [0.2, 0.25) is 0 Å². The average molecular weight is 190 g/mol. The highest BCUT2D eigenvalue weighted by Gasteiger charge is 2.26. The van der Waals surface area contributed by atoms with Crippen LogP contribution in [0.15, 0.2) is 18.3 Å². The maximum atomic E-state index is 4.32. The van der Waals surface area contributed by atoms with E-state index in [1.807, 2.05) is 12.3 Å². The van der Waals surface area contributed by atoms with E-state index in [-0.39, 0.29) is 0 Å². The Kier molecular flexibility index (Phi) is 2.71. The maximum Gasteiger partial charge on any atom is 0.128 e. The summed E-state index contributed by atoms with van der Waals surface area (Å²) >= 11 is 0. The Morgan fingerprint density at radius 1 is 1.50 bits per heavy atom. The number of pyridine rings is 1. The van der Waals surface area contributed by atoms with E-state index in [2.05, 4.69) is 30.2 Å². The summed E-state index contributed by atoms with van der Waals surface area (Å²) in [6.45, 7) is 5.51. The molecule has 1 fully saturated rings. The first-order valence-electron chi connectivity index (χ1n) is 5.43. The first-order chi connectivity index (χ1) is 6.77. The van der Waals surface area contributed by atoms with Gasteiger partial charge in [-0.1, -0.05) is 19.4 Å². The van der Waals surface area contributed by atoms with Crippen LogP contribution in [0.4, 0.5) is 5.82 Å². The number of hydrogen-bond donors (Lipinski definition) is 1. The molecule has 1 aliphatic carbocycles.